The van der Waals surface area contributed by atoms with Crippen LogP contribution in [0.5, 0.6) is 0 Å². The molecule has 1 saturated carbocycles. The molecule has 2 aromatic carbocycles. The summed E-state index contributed by atoms with van der Waals surface area (Å²) in [6.07, 6.45) is 7.84. The molecule has 0 radical (unpaired) electrons. The van der Waals surface area contributed by atoms with E-state index >= 15 is 0 Å². The molecular formula is C28H24FN3O2. The van der Waals surface area contributed by atoms with Crippen molar-refractivity contribution >= 4 is 34.1 Å². The molecule has 2 aromatic heterocycles. The van der Waals surface area contributed by atoms with Crippen LogP contribution in [0.2, 0.25) is 0 Å². The van der Waals surface area contributed by atoms with Crippen molar-refractivity contribution in [2.45, 2.75) is 26.2 Å². The fourth-order valence-electron chi connectivity index (χ4n) is 4.52. The molecule has 0 spiro atoms. The summed E-state index contributed by atoms with van der Waals surface area (Å²) in [5, 5.41) is 15.8. The van der Waals surface area contributed by atoms with E-state index in [0.29, 0.717) is 16.8 Å². The first-order valence-corrected chi connectivity index (χ1v) is 11.3. The second kappa shape index (κ2) is 9.06. The Morgan fingerprint density at radius 1 is 1.12 bits per heavy atom. The highest BCUT2D eigenvalue weighted by molar-refractivity contribution is 6.01. The molecule has 6 heteroatoms. The number of pyridine rings is 1. The van der Waals surface area contributed by atoms with E-state index < -0.39 is 11.9 Å². The molecule has 0 unspecified atom stereocenters. The Hall–Kier alpha value is -4.06. The van der Waals surface area contributed by atoms with Crippen LogP contribution in [0.4, 0.5) is 4.39 Å². The number of nitrogens with one attached hydrogen (secondary N) is 1. The lowest BCUT2D eigenvalue weighted by Crippen LogP contribution is -2.16. The first-order chi connectivity index (χ1) is 16.5. The Bertz CT molecular complexity index is 1430. The fraction of sp³-hybridized carbons (Fsp3) is 0.179. The molecule has 1 fully saturated rings. The van der Waals surface area contributed by atoms with Crippen molar-refractivity contribution in [1.82, 2.24) is 15.2 Å². The van der Waals surface area contributed by atoms with Crippen molar-refractivity contribution < 1.29 is 14.3 Å². The Labute approximate surface area is 196 Å². The average Bonchev–Trinajstić information content (AvgIpc) is 3.17. The van der Waals surface area contributed by atoms with Gasteiger partial charge in [0, 0.05) is 12.3 Å². The minimum atomic E-state index is -0.988. The Kier molecular flexibility index (Phi) is 5.80. The van der Waals surface area contributed by atoms with Crippen LogP contribution in [-0.4, -0.2) is 26.3 Å². The summed E-state index contributed by atoms with van der Waals surface area (Å²) in [5.74, 6) is -1.08. The maximum absolute atomic E-state index is 14.4. The SMILES string of the molecule is Cc1cccnc1C(=C(c1ccc(/C=C/C(=O)O)cc1)c1ccc2n[nH]c(F)c2c1)C1CCC1. The minimum absolute atomic E-state index is 0.361. The second-order valence-electron chi connectivity index (χ2n) is 8.65. The molecular weight excluding hydrogens is 429 g/mol. The average molecular weight is 454 g/mol. The zero-order valence-electron chi connectivity index (χ0n) is 18.8. The van der Waals surface area contributed by atoms with E-state index in [1.165, 1.54) is 12.0 Å². The van der Waals surface area contributed by atoms with E-state index in [1.807, 2.05) is 54.7 Å². The highest BCUT2D eigenvalue weighted by Gasteiger charge is 2.29. The van der Waals surface area contributed by atoms with E-state index in [9.17, 15) is 9.18 Å². The quantitative estimate of drug-likeness (QED) is 0.338. The summed E-state index contributed by atoms with van der Waals surface area (Å²) in [4.78, 5) is 15.7. The lowest BCUT2D eigenvalue weighted by molar-refractivity contribution is -0.131. The molecule has 5 rings (SSSR count). The first-order valence-electron chi connectivity index (χ1n) is 11.3. The van der Waals surface area contributed by atoms with E-state index in [2.05, 4.69) is 23.2 Å². The molecule has 1 aliphatic carbocycles. The van der Waals surface area contributed by atoms with Crippen molar-refractivity contribution in [1.29, 1.82) is 0 Å². The Balaban J connectivity index is 1.76. The van der Waals surface area contributed by atoms with E-state index in [0.717, 1.165) is 52.4 Å². The molecule has 5 nitrogen and oxygen atoms in total. The molecule has 1 aliphatic rings. The number of H-pyrrole nitrogens is 1. The molecule has 2 heterocycles. The molecule has 0 amide bonds. The van der Waals surface area contributed by atoms with Gasteiger partial charge in [-0.05, 0) is 83.4 Å². The van der Waals surface area contributed by atoms with Crippen LogP contribution < -0.4 is 0 Å². The number of aromatic nitrogens is 3. The van der Waals surface area contributed by atoms with Gasteiger partial charge in [0.2, 0.25) is 5.95 Å². The number of fused-ring (bicyclic) bond motifs is 1. The zero-order valence-corrected chi connectivity index (χ0v) is 18.8. The summed E-state index contributed by atoms with van der Waals surface area (Å²) in [6.45, 7) is 2.07. The van der Waals surface area contributed by atoms with Crippen LogP contribution in [0.1, 0.15) is 47.2 Å². The summed E-state index contributed by atoms with van der Waals surface area (Å²) < 4.78 is 14.4. The lowest BCUT2D eigenvalue weighted by Gasteiger charge is -2.31. The predicted molar refractivity (Wildman–Crippen MR) is 131 cm³/mol. The number of benzene rings is 2. The number of aliphatic carboxylic acids is 1. The van der Waals surface area contributed by atoms with Crippen molar-refractivity contribution in [3.05, 3.63) is 101 Å². The van der Waals surface area contributed by atoms with Gasteiger partial charge in [0.25, 0.3) is 0 Å². The van der Waals surface area contributed by atoms with E-state index in [-0.39, 0.29) is 0 Å². The Morgan fingerprint density at radius 2 is 1.88 bits per heavy atom. The molecule has 4 aromatic rings. The Morgan fingerprint density at radius 3 is 2.56 bits per heavy atom. The number of carbonyl (C=O) groups is 1. The number of halogens is 1. The van der Waals surface area contributed by atoms with Crippen LogP contribution >= 0.6 is 0 Å². The lowest BCUT2D eigenvalue weighted by atomic mass is 9.73. The monoisotopic (exact) mass is 453 g/mol. The molecule has 0 saturated heterocycles. The van der Waals surface area contributed by atoms with Crippen LogP contribution in [0.3, 0.4) is 0 Å². The number of hydrogen-bond acceptors (Lipinski definition) is 3. The summed E-state index contributed by atoms with van der Waals surface area (Å²) in [6, 6.07) is 17.4. The van der Waals surface area contributed by atoms with Gasteiger partial charge in [-0.1, -0.05) is 42.8 Å². The van der Waals surface area contributed by atoms with Crippen molar-refractivity contribution in [2.75, 3.05) is 0 Å². The van der Waals surface area contributed by atoms with Gasteiger partial charge in [-0.15, -0.1) is 0 Å². The molecule has 170 valence electrons. The standard InChI is InChI=1S/C28H24FN3O2/c1-17-4-3-15-30-27(17)26(19-5-2-6-19)25(20-10-7-18(8-11-20)9-14-24(33)34)21-12-13-23-22(16-21)28(29)32-31-23/h3-4,7-16,19H,2,5-6H2,1H3,(H,31,32)(H,33,34)/b14-9+,26-25?. The van der Waals surface area contributed by atoms with Crippen LogP contribution in [0, 0.1) is 18.8 Å². The zero-order chi connectivity index (χ0) is 23.7. The molecule has 0 atom stereocenters. The third-order valence-electron chi connectivity index (χ3n) is 6.46. The maximum atomic E-state index is 14.4. The number of nitrogens with zero attached hydrogens (tertiary/aromatic N) is 2. The second-order valence-corrected chi connectivity index (χ2v) is 8.65. The van der Waals surface area contributed by atoms with E-state index in [1.54, 1.807) is 6.08 Å². The van der Waals surface area contributed by atoms with Crippen molar-refractivity contribution in [3.63, 3.8) is 0 Å². The first kappa shape index (κ1) is 21.8. The van der Waals surface area contributed by atoms with Gasteiger partial charge in [-0.3, -0.25) is 10.1 Å². The maximum Gasteiger partial charge on any atom is 0.328 e. The van der Waals surface area contributed by atoms with Gasteiger partial charge in [0.15, 0.2) is 0 Å². The van der Waals surface area contributed by atoms with Crippen molar-refractivity contribution in [3.8, 4) is 0 Å². The summed E-state index contributed by atoms with van der Waals surface area (Å²) in [7, 11) is 0. The fourth-order valence-corrected chi connectivity index (χ4v) is 4.52. The molecule has 34 heavy (non-hydrogen) atoms. The third-order valence-corrected chi connectivity index (χ3v) is 6.46. The summed E-state index contributed by atoms with van der Waals surface area (Å²) >= 11 is 0. The van der Waals surface area contributed by atoms with Gasteiger partial charge in [-0.2, -0.15) is 9.49 Å². The highest BCUT2D eigenvalue weighted by Crippen LogP contribution is 2.45. The number of carboxylic acid groups (broad SMARTS) is 1. The topological polar surface area (TPSA) is 78.9 Å². The molecule has 0 bridgehead atoms. The van der Waals surface area contributed by atoms with Gasteiger partial charge >= 0.3 is 5.97 Å². The van der Waals surface area contributed by atoms with Crippen LogP contribution in [0.15, 0.2) is 66.9 Å². The smallest absolute Gasteiger partial charge is 0.328 e. The largest absolute Gasteiger partial charge is 0.478 e. The number of hydrogen-bond donors (Lipinski definition) is 2. The van der Waals surface area contributed by atoms with Gasteiger partial charge < -0.3 is 5.11 Å². The minimum Gasteiger partial charge on any atom is -0.478 e. The predicted octanol–water partition coefficient (Wildman–Crippen LogP) is 6.26. The van der Waals surface area contributed by atoms with Crippen molar-refractivity contribution in [2.24, 2.45) is 5.92 Å². The number of carboxylic acids is 1. The molecule has 2 N–H and O–H groups in total. The number of rotatable bonds is 6. The van der Waals surface area contributed by atoms with Gasteiger partial charge in [0.05, 0.1) is 16.6 Å². The highest BCUT2D eigenvalue weighted by atomic mass is 19.1. The third kappa shape index (κ3) is 4.15. The molecule has 0 aliphatic heterocycles. The normalized spacial score (nSPS) is 14.9. The number of aryl methyl sites for hydroxylation is 1. The van der Waals surface area contributed by atoms with Gasteiger partial charge in [0.1, 0.15) is 0 Å². The summed E-state index contributed by atoms with van der Waals surface area (Å²) in [5.41, 5.74) is 7.48. The van der Waals surface area contributed by atoms with Crippen LogP contribution in [0.25, 0.3) is 28.1 Å². The number of aromatic amines is 1. The van der Waals surface area contributed by atoms with E-state index in [4.69, 9.17) is 10.1 Å². The van der Waals surface area contributed by atoms with Gasteiger partial charge in [-0.25, -0.2) is 4.79 Å². The van der Waals surface area contributed by atoms with Crippen LogP contribution in [-0.2, 0) is 4.79 Å². The number of allylic oxidation sites excluding steroid dienone is 1.